The Morgan fingerprint density at radius 1 is 0.718 bits per heavy atom. The molecule has 0 unspecified atom stereocenters. The van der Waals surface area contributed by atoms with E-state index in [4.69, 9.17) is 9.47 Å². The first-order valence-corrected chi connectivity index (χ1v) is 15.0. The molecule has 0 saturated carbocycles. The maximum atomic E-state index is 12.4. The molecule has 0 spiro atoms. The molecule has 0 aliphatic rings. The van der Waals surface area contributed by atoms with Crippen molar-refractivity contribution in [1.82, 2.24) is 0 Å². The zero-order valence-corrected chi connectivity index (χ0v) is 25.1. The number of carbonyl (C=O) groups excluding carboxylic acids is 2. The molecule has 0 bridgehead atoms. The Kier molecular flexibility index (Phi) is 11.0. The molecule has 8 nitrogen and oxygen atoms in total. The third-order valence-corrected chi connectivity index (χ3v) is 8.74. The SMILES string of the molecule is Cc1cc(C(C)C)c(O)c(C)c1COC(=O)CCS(=O)(=O)CCC(=O)OCc1c(C)cc(C(C)C)c(O)c1C. The molecule has 2 aromatic carbocycles. The van der Waals surface area contributed by atoms with Gasteiger partial charge in [-0.25, -0.2) is 8.42 Å². The number of esters is 2. The summed E-state index contributed by atoms with van der Waals surface area (Å²) in [4.78, 5) is 24.5. The number of sulfone groups is 1. The lowest BCUT2D eigenvalue weighted by Gasteiger charge is -2.17. The molecule has 0 amide bonds. The molecule has 2 aromatic rings. The van der Waals surface area contributed by atoms with Crippen molar-refractivity contribution >= 4 is 21.8 Å². The van der Waals surface area contributed by atoms with Crippen LogP contribution in [0.1, 0.15) is 96.9 Å². The van der Waals surface area contributed by atoms with Crippen LogP contribution in [0.25, 0.3) is 0 Å². The van der Waals surface area contributed by atoms with Crippen LogP contribution in [0.3, 0.4) is 0 Å². The average Bonchev–Trinajstić information content (AvgIpc) is 2.85. The van der Waals surface area contributed by atoms with Gasteiger partial charge in [0.15, 0.2) is 9.84 Å². The predicted molar refractivity (Wildman–Crippen MR) is 151 cm³/mol. The molecule has 0 atom stereocenters. The summed E-state index contributed by atoms with van der Waals surface area (Å²) in [5, 5.41) is 20.9. The van der Waals surface area contributed by atoms with E-state index in [9.17, 15) is 28.2 Å². The van der Waals surface area contributed by atoms with Crippen molar-refractivity contribution < 1.29 is 37.7 Å². The number of phenols is 2. The first-order chi connectivity index (χ1) is 18.1. The summed E-state index contributed by atoms with van der Waals surface area (Å²) in [7, 11) is -3.70. The predicted octanol–water partition coefficient (Wildman–Crippen LogP) is 5.56. The van der Waals surface area contributed by atoms with Gasteiger partial charge in [0.05, 0.1) is 24.3 Å². The van der Waals surface area contributed by atoms with Crippen LogP contribution in [-0.2, 0) is 42.1 Å². The highest BCUT2D eigenvalue weighted by Gasteiger charge is 2.20. The van der Waals surface area contributed by atoms with Crippen LogP contribution < -0.4 is 0 Å². The smallest absolute Gasteiger partial charge is 0.307 e. The van der Waals surface area contributed by atoms with Gasteiger partial charge < -0.3 is 19.7 Å². The van der Waals surface area contributed by atoms with Gasteiger partial charge in [0.25, 0.3) is 0 Å². The van der Waals surface area contributed by atoms with Crippen molar-refractivity contribution in [2.75, 3.05) is 11.5 Å². The second kappa shape index (κ2) is 13.3. The summed E-state index contributed by atoms with van der Waals surface area (Å²) in [5.74, 6) is -1.63. The molecule has 0 aliphatic heterocycles. The summed E-state index contributed by atoms with van der Waals surface area (Å²) in [5.41, 5.74) is 6.04. The number of carbonyl (C=O) groups is 2. The van der Waals surface area contributed by atoms with Crippen LogP contribution in [0.4, 0.5) is 0 Å². The van der Waals surface area contributed by atoms with Gasteiger partial charge in [-0.1, -0.05) is 39.8 Å². The highest BCUT2D eigenvalue weighted by Crippen LogP contribution is 2.34. The largest absolute Gasteiger partial charge is 0.507 e. The van der Waals surface area contributed by atoms with E-state index in [-0.39, 0.29) is 49.4 Å². The van der Waals surface area contributed by atoms with Gasteiger partial charge in [0, 0.05) is 0 Å². The molecule has 0 fully saturated rings. The molecular formula is C30H42O8S. The summed E-state index contributed by atoms with van der Waals surface area (Å²) in [6.07, 6.45) is -0.684. The van der Waals surface area contributed by atoms with E-state index in [1.165, 1.54) is 0 Å². The standard InChI is InChI=1S/C30H42O8S/c1-17(2)23-13-19(5)25(21(7)29(23)33)15-37-27(31)9-11-39(35,36)12-10-28(32)38-16-26-20(6)14-24(18(3)4)30(34)22(26)8/h13-14,17-18,33-34H,9-12,15-16H2,1-8H3. The number of hydrogen-bond acceptors (Lipinski definition) is 8. The minimum absolute atomic E-state index is 0.0681. The number of benzene rings is 2. The monoisotopic (exact) mass is 562 g/mol. The first kappa shape index (κ1) is 32.1. The normalized spacial score (nSPS) is 11.7. The third-order valence-electron chi connectivity index (χ3n) is 7.09. The Morgan fingerprint density at radius 3 is 1.36 bits per heavy atom. The molecule has 9 heteroatoms. The van der Waals surface area contributed by atoms with E-state index >= 15 is 0 Å². The number of phenolic OH excluding ortho intramolecular Hbond substituents is 2. The van der Waals surface area contributed by atoms with Crippen molar-refractivity contribution in [3.63, 3.8) is 0 Å². The fraction of sp³-hybridized carbons (Fsp3) is 0.533. The van der Waals surface area contributed by atoms with Gasteiger partial charge in [-0.2, -0.15) is 0 Å². The minimum Gasteiger partial charge on any atom is -0.507 e. The van der Waals surface area contributed by atoms with Gasteiger partial charge >= 0.3 is 11.9 Å². The van der Waals surface area contributed by atoms with Crippen molar-refractivity contribution in [3.05, 3.63) is 56.6 Å². The molecule has 0 aliphatic carbocycles. The van der Waals surface area contributed by atoms with Crippen molar-refractivity contribution in [2.24, 2.45) is 0 Å². The summed E-state index contributed by atoms with van der Waals surface area (Å²) < 4.78 is 35.4. The number of rotatable bonds is 12. The van der Waals surface area contributed by atoms with E-state index in [0.29, 0.717) is 22.3 Å². The molecule has 2 N–H and O–H groups in total. The van der Waals surface area contributed by atoms with E-state index in [1.807, 2.05) is 53.7 Å². The average molecular weight is 563 g/mol. The molecule has 2 rings (SSSR count). The zero-order valence-electron chi connectivity index (χ0n) is 24.3. The van der Waals surface area contributed by atoms with E-state index in [1.54, 1.807) is 13.8 Å². The van der Waals surface area contributed by atoms with Crippen LogP contribution in [0.15, 0.2) is 12.1 Å². The Morgan fingerprint density at radius 2 is 1.05 bits per heavy atom. The van der Waals surface area contributed by atoms with Crippen LogP contribution >= 0.6 is 0 Å². The van der Waals surface area contributed by atoms with Gasteiger partial charge in [0.1, 0.15) is 24.7 Å². The van der Waals surface area contributed by atoms with Crippen LogP contribution in [0.5, 0.6) is 11.5 Å². The molecule has 0 aromatic heterocycles. The van der Waals surface area contributed by atoms with Crippen molar-refractivity contribution in [3.8, 4) is 11.5 Å². The number of hydrogen-bond donors (Lipinski definition) is 2. The van der Waals surface area contributed by atoms with Crippen molar-refractivity contribution in [1.29, 1.82) is 0 Å². The summed E-state index contributed by atoms with van der Waals surface area (Å²) >= 11 is 0. The summed E-state index contributed by atoms with van der Waals surface area (Å²) in [6.45, 7) is 15.0. The fourth-order valence-electron chi connectivity index (χ4n) is 4.44. The molecule has 39 heavy (non-hydrogen) atoms. The fourth-order valence-corrected chi connectivity index (χ4v) is 5.60. The lowest BCUT2D eigenvalue weighted by atomic mass is 9.93. The molecule has 0 radical (unpaired) electrons. The van der Waals surface area contributed by atoms with Gasteiger partial charge in [0.2, 0.25) is 0 Å². The number of aryl methyl sites for hydroxylation is 2. The first-order valence-electron chi connectivity index (χ1n) is 13.2. The quantitative estimate of drug-likeness (QED) is 0.322. The Hall–Kier alpha value is -3.07. The molecule has 0 saturated heterocycles. The van der Waals surface area contributed by atoms with E-state index in [0.717, 1.165) is 22.3 Å². The van der Waals surface area contributed by atoms with Crippen molar-refractivity contribution in [2.45, 2.75) is 93.3 Å². The van der Waals surface area contributed by atoms with Gasteiger partial charge in [-0.05, 0) is 84.0 Å². The van der Waals surface area contributed by atoms with E-state index in [2.05, 4.69) is 0 Å². The lowest BCUT2D eigenvalue weighted by Crippen LogP contribution is -2.19. The maximum Gasteiger partial charge on any atom is 0.307 e. The third kappa shape index (κ3) is 8.46. The van der Waals surface area contributed by atoms with Gasteiger partial charge in [-0.3, -0.25) is 9.59 Å². The lowest BCUT2D eigenvalue weighted by molar-refractivity contribution is -0.145. The molecule has 216 valence electrons. The van der Waals surface area contributed by atoms with Crippen LogP contribution in [-0.4, -0.2) is 42.1 Å². The molecular weight excluding hydrogens is 520 g/mol. The minimum atomic E-state index is -3.70. The second-order valence-corrected chi connectivity index (χ2v) is 13.1. The maximum absolute atomic E-state index is 12.4. The molecule has 0 heterocycles. The Bertz CT molecular complexity index is 1230. The summed E-state index contributed by atoms with van der Waals surface area (Å²) in [6, 6.07) is 3.73. The Balaban J connectivity index is 1.86. The number of ether oxygens (including phenoxy) is 2. The highest BCUT2D eigenvalue weighted by molar-refractivity contribution is 7.91. The highest BCUT2D eigenvalue weighted by atomic mass is 32.2. The topological polar surface area (TPSA) is 127 Å². The van der Waals surface area contributed by atoms with Crippen LogP contribution in [0, 0.1) is 27.7 Å². The van der Waals surface area contributed by atoms with Gasteiger partial charge in [-0.15, -0.1) is 0 Å². The Labute approximate surface area is 232 Å². The second-order valence-electron chi connectivity index (χ2n) is 10.8. The number of aromatic hydroxyl groups is 2. The zero-order chi connectivity index (χ0) is 29.7. The van der Waals surface area contributed by atoms with Crippen LogP contribution in [0.2, 0.25) is 0 Å². The van der Waals surface area contributed by atoms with E-state index < -0.39 is 33.3 Å².